The number of anilines is 1. The number of amides is 1. The summed E-state index contributed by atoms with van der Waals surface area (Å²) in [7, 11) is 0. The van der Waals surface area contributed by atoms with E-state index in [4.69, 9.17) is 5.73 Å². The topological polar surface area (TPSA) is 68.0 Å². The Morgan fingerprint density at radius 2 is 2.14 bits per heavy atom. The number of benzene rings is 1. The van der Waals surface area contributed by atoms with E-state index in [9.17, 15) is 4.79 Å². The van der Waals surface area contributed by atoms with Gasteiger partial charge in [0.2, 0.25) is 5.91 Å². The summed E-state index contributed by atoms with van der Waals surface area (Å²) in [5.41, 5.74) is 8.96. The first-order chi connectivity index (χ1) is 10.6. The summed E-state index contributed by atoms with van der Waals surface area (Å²) < 4.78 is 0. The number of carbonyl (C=O) groups is 1. The SMILES string of the molecule is Cc1csc(-c2ccc(NC(=O)C[C@@H]3CCC[C@H]3N)cc2)n1. The predicted octanol–water partition coefficient (Wildman–Crippen LogP) is 3.57. The first-order valence-electron chi connectivity index (χ1n) is 7.70. The third-order valence-corrected chi connectivity index (χ3v) is 5.21. The molecule has 0 bridgehead atoms. The number of thiazole rings is 1. The first-order valence-corrected chi connectivity index (χ1v) is 8.58. The van der Waals surface area contributed by atoms with E-state index in [0.29, 0.717) is 12.3 Å². The lowest BCUT2D eigenvalue weighted by Crippen LogP contribution is -2.28. The fraction of sp³-hybridized carbons (Fsp3) is 0.412. The molecule has 1 aliphatic carbocycles. The molecule has 22 heavy (non-hydrogen) atoms. The Bertz CT molecular complexity index is 650. The molecule has 1 heterocycles. The zero-order chi connectivity index (χ0) is 15.5. The van der Waals surface area contributed by atoms with Crippen molar-refractivity contribution in [2.75, 3.05) is 5.32 Å². The van der Waals surface area contributed by atoms with Crippen molar-refractivity contribution in [3.8, 4) is 10.6 Å². The van der Waals surface area contributed by atoms with Gasteiger partial charge >= 0.3 is 0 Å². The third-order valence-electron chi connectivity index (χ3n) is 4.20. The normalized spacial score (nSPS) is 21.0. The molecule has 0 aliphatic heterocycles. The maximum absolute atomic E-state index is 12.1. The van der Waals surface area contributed by atoms with Crippen LogP contribution in [0, 0.1) is 12.8 Å². The molecule has 5 heteroatoms. The van der Waals surface area contributed by atoms with Gasteiger partial charge in [0.1, 0.15) is 5.01 Å². The Morgan fingerprint density at radius 1 is 1.36 bits per heavy atom. The number of rotatable bonds is 4. The Kier molecular flexibility index (Phi) is 4.55. The maximum Gasteiger partial charge on any atom is 0.224 e. The average Bonchev–Trinajstić information content (AvgIpc) is 3.09. The van der Waals surface area contributed by atoms with Crippen LogP contribution in [-0.4, -0.2) is 16.9 Å². The van der Waals surface area contributed by atoms with Crippen LogP contribution in [0.3, 0.4) is 0 Å². The number of carbonyl (C=O) groups excluding carboxylic acids is 1. The lowest BCUT2D eigenvalue weighted by Gasteiger charge is -2.14. The van der Waals surface area contributed by atoms with Crippen molar-refractivity contribution in [1.82, 2.24) is 4.98 Å². The summed E-state index contributed by atoms with van der Waals surface area (Å²) >= 11 is 1.63. The fourth-order valence-electron chi connectivity index (χ4n) is 2.95. The molecule has 0 saturated heterocycles. The van der Waals surface area contributed by atoms with Crippen LogP contribution in [0.2, 0.25) is 0 Å². The summed E-state index contributed by atoms with van der Waals surface area (Å²) in [6.07, 6.45) is 3.77. The molecule has 1 saturated carbocycles. The number of aromatic nitrogens is 1. The quantitative estimate of drug-likeness (QED) is 0.906. The number of hydrogen-bond donors (Lipinski definition) is 2. The third kappa shape index (κ3) is 3.54. The van der Waals surface area contributed by atoms with Crippen LogP contribution in [0.15, 0.2) is 29.6 Å². The van der Waals surface area contributed by atoms with Gasteiger partial charge in [0.15, 0.2) is 0 Å². The minimum absolute atomic E-state index is 0.0557. The first kappa shape index (κ1) is 15.2. The molecular weight excluding hydrogens is 294 g/mol. The van der Waals surface area contributed by atoms with E-state index < -0.39 is 0 Å². The van der Waals surface area contributed by atoms with Gasteiger partial charge in [0.05, 0.1) is 0 Å². The fourth-order valence-corrected chi connectivity index (χ4v) is 3.76. The molecule has 4 nitrogen and oxygen atoms in total. The largest absolute Gasteiger partial charge is 0.327 e. The van der Waals surface area contributed by atoms with Crippen molar-refractivity contribution in [2.45, 2.75) is 38.6 Å². The average molecular weight is 315 g/mol. The van der Waals surface area contributed by atoms with Crippen molar-refractivity contribution in [2.24, 2.45) is 11.7 Å². The molecule has 0 unspecified atom stereocenters. The minimum atomic E-state index is 0.0557. The van der Waals surface area contributed by atoms with Gasteiger partial charge in [0, 0.05) is 34.8 Å². The van der Waals surface area contributed by atoms with Gasteiger partial charge in [-0.1, -0.05) is 6.42 Å². The van der Waals surface area contributed by atoms with Gasteiger partial charge in [-0.15, -0.1) is 11.3 Å². The van der Waals surface area contributed by atoms with E-state index in [-0.39, 0.29) is 11.9 Å². The predicted molar refractivity (Wildman–Crippen MR) is 90.9 cm³/mol. The second kappa shape index (κ2) is 6.58. The van der Waals surface area contributed by atoms with E-state index in [2.05, 4.69) is 10.3 Å². The monoisotopic (exact) mass is 315 g/mol. The highest BCUT2D eigenvalue weighted by atomic mass is 32.1. The van der Waals surface area contributed by atoms with Gasteiger partial charge in [0.25, 0.3) is 0 Å². The van der Waals surface area contributed by atoms with Gasteiger partial charge < -0.3 is 11.1 Å². The van der Waals surface area contributed by atoms with Crippen LogP contribution in [0.1, 0.15) is 31.4 Å². The molecule has 1 amide bonds. The Hall–Kier alpha value is -1.72. The van der Waals surface area contributed by atoms with Crippen LogP contribution in [0.5, 0.6) is 0 Å². The van der Waals surface area contributed by atoms with Gasteiger partial charge in [-0.25, -0.2) is 4.98 Å². The van der Waals surface area contributed by atoms with Crippen molar-refractivity contribution < 1.29 is 4.79 Å². The van der Waals surface area contributed by atoms with E-state index >= 15 is 0 Å². The minimum Gasteiger partial charge on any atom is -0.327 e. The van der Waals surface area contributed by atoms with Crippen LogP contribution in [0.25, 0.3) is 10.6 Å². The van der Waals surface area contributed by atoms with Gasteiger partial charge in [-0.05, 0) is 49.9 Å². The van der Waals surface area contributed by atoms with Crippen LogP contribution in [0.4, 0.5) is 5.69 Å². The Labute approximate surface area is 134 Å². The molecule has 0 radical (unpaired) electrons. The molecule has 1 aromatic heterocycles. The highest BCUT2D eigenvalue weighted by Crippen LogP contribution is 2.28. The van der Waals surface area contributed by atoms with E-state index in [1.807, 2.05) is 36.6 Å². The second-order valence-corrected chi connectivity index (χ2v) is 6.84. The standard InChI is InChI=1S/C17H21N3OS/c1-11-10-22-17(19-11)12-5-7-14(8-6-12)20-16(21)9-13-3-2-4-15(13)18/h5-8,10,13,15H,2-4,9,18H2,1H3,(H,20,21)/t13-,15+/m0/s1. The highest BCUT2D eigenvalue weighted by Gasteiger charge is 2.25. The van der Waals surface area contributed by atoms with E-state index in [1.165, 1.54) is 0 Å². The summed E-state index contributed by atoms with van der Waals surface area (Å²) in [6, 6.07) is 8.03. The zero-order valence-electron chi connectivity index (χ0n) is 12.7. The van der Waals surface area contributed by atoms with Crippen molar-refractivity contribution in [3.05, 3.63) is 35.3 Å². The summed E-state index contributed by atoms with van der Waals surface area (Å²) in [6.45, 7) is 1.99. The van der Waals surface area contributed by atoms with E-state index in [0.717, 1.165) is 41.2 Å². The number of nitrogens with zero attached hydrogens (tertiary/aromatic N) is 1. The van der Waals surface area contributed by atoms with Gasteiger partial charge in [-0.2, -0.15) is 0 Å². The second-order valence-electron chi connectivity index (χ2n) is 5.98. The van der Waals surface area contributed by atoms with E-state index in [1.54, 1.807) is 11.3 Å². The Balaban J connectivity index is 1.60. The van der Waals surface area contributed by atoms with Gasteiger partial charge in [-0.3, -0.25) is 4.79 Å². The molecule has 3 rings (SSSR count). The zero-order valence-corrected chi connectivity index (χ0v) is 13.5. The number of nitrogens with two attached hydrogens (primary N) is 1. The van der Waals surface area contributed by atoms with Crippen molar-refractivity contribution in [1.29, 1.82) is 0 Å². The summed E-state index contributed by atoms with van der Waals surface area (Å²) in [5, 5.41) is 6.01. The highest BCUT2D eigenvalue weighted by molar-refractivity contribution is 7.13. The summed E-state index contributed by atoms with van der Waals surface area (Å²) in [4.78, 5) is 16.6. The summed E-state index contributed by atoms with van der Waals surface area (Å²) in [5.74, 6) is 0.387. The van der Waals surface area contributed by atoms with Crippen LogP contribution in [-0.2, 0) is 4.79 Å². The number of aryl methyl sites for hydroxylation is 1. The van der Waals surface area contributed by atoms with Crippen molar-refractivity contribution >= 4 is 22.9 Å². The molecule has 1 aliphatic rings. The molecule has 2 aromatic rings. The van der Waals surface area contributed by atoms with Crippen LogP contribution >= 0.6 is 11.3 Å². The number of hydrogen-bond acceptors (Lipinski definition) is 4. The lowest BCUT2D eigenvalue weighted by molar-refractivity contribution is -0.117. The molecule has 1 fully saturated rings. The smallest absolute Gasteiger partial charge is 0.224 e. The van der Waals surface area contributed by atoms with Crippen molar-refractivity contribution in [3.63, 3.8) is 0 Å². The molecule has 3 N–H and O–H groups in total. The maximum atomic E-state index is 12.1. The number of nitrogens with one attached hydrogen (secondary N) is 1. The Morgan fingerprint density at radius 3 is 2.73 bits per heavy atom. The molecule has 116 valence electrons. The van der Waals surface area contributed by atoms with Crippen LogP contribution < -0.4 is 11.1 Å². The molecular formula is C17H21N3OS. The molecule has 2 atom stereocenters. The molecule has 0 spiro atoms. The lowest BCUT2D eigenvalue weighted by atomic mass is 10.00. The molecule has 1 aromatic carbocycles.